The monoisotopic (exact) mass is 806 g/mol. The summed E-state index contributed by atoms with van der Waals surface area (Å²) in [4.78, 5) is 12.8. The molecule has 0 unspecified atom stereocenters. The maximum absolute atomic E-state index is 12.8. The number of phenols is 1. The number of urea groups is 1. The fourth-order valence-corrected chi connectivity index (χ4v) is 7.83. The second-order valence-electron chi connectivity index (χ2n) is 14.1. The van der Waals surface area contributed by atoms with E-state index in [0.717, 1.165) is 44.8 Å². The van der Waals surface area contributed by atoms with Crippen molar-refractivity contribution in [2.75, 3.05) is 11.1 Å². The van der Waals surface area contributed by atoms with Crippen LogP contribution in [0.5, 0.6) is 17.2 Å². The Labute approximate surface area is 345 Å². The van der Waals surface area contributed by atoms with Crippen LogP contribution in [0.2, 0.25) is 0 Å². The van der Waals surface area contributed by atoms with Crippen molar-refractivity contribution in [1.82, 2.24) is 25.5 Å². The Morgan fingerprint density at radius 2 is 1.51 bits per heavy atom. The minimum absolute atomic E-state index is 0.0329. The number of hydrogen-bond acceptors (Lipinski definition) is 10. The lowest BCUT2D eigenvalue weighted by Gasteiger charge is -2.41. The lowest BCUT2D eigenvalue weighted by Crippen LogP contribution is -2.38. The first-order valence-electron chi connectivity index (χ1n) is 19.2. The molecule has 0 aliphatic carbocycles. The normalized spacial score (nSPS) is 17.6. The van der Waals surface area contributed by atoms with Gasteiger partial charge in [-0.3, -0.25) is 0 Å². The van der Waals surface area contributed by atoms with Crippen LogP contribution < -0.4 is 15.4 Å². The standard InChI is InChI=1S/C46H42N6O6S/c1-30-42(29-59-46-49-50-51-52(46)38-20-22-39(54)23-21-38)57-44(58-43(30)34-12-10-31(28-53)11-13-34)35-16-14-33(15-17-35)36-7-5-6-32(26-36)27-47-45(55)48-37-18-24-41(25-19-37)56-40-8-3-2-4-9-40/h2-26,30,42-44,53-54H,27-29H2,1H3,(H2,47,48,55)/t30-,42+,43+,44+/m1/s1. The summed E-state index contributed by atoms with van der Waals surface area (Å²) in [5.41, 5.74) is 7.04. The van der Waals surface area contributed by atoms with Gasteiger partial charge in [-0.25, -0.2) is 4.79 Å². The number of phenolic OH excluding ortho intramolecular Hbond substituents is 1. The van der Waals surface area contributed by atoms with Crippen molar-refractivity contribution in [3.63, 3.8) is 0 Å². The molecule has 0 bridgehead atoms. The highest BCUT2D eigenvalue weighted by Gasteiger charge is 2.38. The van der Waals surface area contributed by atoms with Gasteiger partial charge in [0.1, 0.15) is 17.2 Å². The van der Waals surface area contributed by atoms with Crippen LogP contribution in [0.1, 0.15) is 41.6 Å². The van der Waals surface area contributed by atoms with E-state index in [1.54, 1.807) is 41.1 Å². The number of hydrogen-bond donors (Lipinski definition) is 4. The van der Waals surface area contributed by atoms with E-state index in [1.165, 1.54) is 11.8 Å². The van der Waals surface area contributed by atoms with Gasteiger partial charge in [0, 0.05) is 29.5 Å². The lowest BCUT2D eigenvalue weighted by atomic mass is 9.91. The van der Waals surface area contributed by atoms with Crippen LogP contribution in [0, 0.1) is 5.92 Å². The largest absolute Gasteiger partial charge is 0.508 e. The number of ether oxygens (including phenoxy) is 3. The number of rotatable bonds is 13. The summed E-state index contributed by atoms with van der Waals surface area (Å²) in [6.45, 7) is 2.42. The molecular weight excluding hydrogens is 765 g/mol. The number of benzene rings is 6. The summed E-state index contributed by atoms with van der Waals surface area (Å²) in [5.74, 6) is 2.10. The van der Waals surface area contributed by atoms with E-state index in [2.05, 4.69) is 39.1 Å². The van der Waals surface area contributed by atoms with Gasteiger partial charge in [0.15, 0.2) is 6.29 Å². The summed E-state index contributed by atoms with van der Waals surface area (Å²) in [6.07, 6.45) is -1.17. The number of para-hydroxylation sites is 1. The number of aliphatic hydroxyl groups is 1. The topological polar surface area (TPSA) is 153 Å². The van der Waals surface area contributed by atoms with Gasteiger partial charge in [-0.2, -0.15) is 4.68 Å². The molecule has 1 saturated heterocycles. The molecule has 0 saturated carbocycles. The summed E-state index contributed by atoms with van der Waals surface area (Å²) in [7, 11) is 0. The van der Waals surface area contributed by atoms with Crippen molar-refractivity contribution in [3.8, 4) is 34.1 Å². The third-order valence-corrected chi connectivity index (χ3v) is 11.0. The first kappa shape index (κ1) is 39.3. The summed E-state index contributed by atoms with van der Waals surface area (Å²) in [5, 5.41) is 38.2. The van der Waals surface area contributed by atoms with E-state index < -0.39 is 6.29 Å². The van der Waals surface area contributed by atoms with Gasteiger partial charge in [-0.15, -0.1) is 5.10 Å². The number of aliphatic hydroxyl groups excluding tert-OH is 1. The fraction of sp³-hybridized carbons (Fsp3) is 0.174. The number of aromatic hydroxyl groups is 1. The van der Waals surface area contributed by atoms with Crippen molar-refractivity contribution in [3.05, 3.63) is 174 Å². The average molecular weight is 807 g/mol. The first-order valence-corrected chi connectivity index (χ1v) is 20.2. The zero-order valence-corrected chi connectivity index (χ0v) is 32.9. The number of carbonyl (C=O) groups excluding carboxylic acids is 1. The predicted molar refractivity (Wildman–Crippen MR) is 225 cm³/mol. The molecule has 1 fully saturated rings. The quantitative estimate of drug-likeness (QED) is 0.0830. The van der Waals surface area contributed by atoms with E-state index >= 15 is 0 Å². The molecule has 7 aromatic rings. The average Bonchev–Trinajstić information content (AvgIpc) is 3.75. The summed E-state index contributed by atoms with van der Waals surface area (Å²) in [6, 6.07) is 47.2. The molecule has 1 aliphatic heterocycles. The maximum Gasteiger partial charge on any atom is 0.319 e. The van der Waals surface area contributed by atoms with Gasteiger partial charge in [0.2, 0.25) is 5.16 Å². The second kappa shape index (κ2) is 18.4. The molecule has 13 heteroatoms. The predicted octanol–water partition coefficient (Wildman–Crippen LogP) is 9.22. The van der Waals surface area contributed by atoms with E-state index in [4.69, 9.17) is 14.2 Å². The maximum atomic E-state index is 12.8. The number of amides is 2. The van der Waals surface area contributed by atoms with E-state index in [9.17, 15) is 15.0 Å². The SMILES string of the molecule is C[C@@H]1[C@H](CSc2nnnn2-c2ccc(O)cc2)O[C@H](c2ccc(-c3cccc(CNC(=O)Nc4ccc(Oc5ccccc5)cc4)c3)cc2)O[C@@H]1c1ccc(CO)cc1. The van der Waals surface area contributed by atoms with Crippen molar-refractivity contribution in [2.45, 2.75) is 43.7 Å². The van der Waals surface area contributed by atoms with Crippen molar-refractivity contribution >= 4 is 23.5 Å². The zero-order chi connectivity index (χ0) is 40.6. The van der Waals surface area contributed by atoms with Crippen LogP contribution >= 0.6 is 11.8 Å². The van der Waals surface area contributed by atoms with Gasteiger partial charge < -0.3 is 35.1 Å². The fourth-order valence-electron chi connectivity index (χ4n) is 6.77. The molecule has 1 aliphatic rings. The van der Waals surface area contributed by atoms with E-state index in [0.29, 0.717) is 28.9 Å². The lowest BCUT2D eigenvalue weighted by molar-refractivity contribution is -0.268. The molecule has 8 rings (SSSR count). The highest BCUT2D eigenvalue weighted by molar-refractivity contribution is 7.99. The Bertz CT molecular complexity index is 2450. The van der Waals surface area contributed by atoms with E-state index in [1.807, 2.05) is 109 Å². The molecule has 2 amide bonds. The number of thioether (sulfide) groups is 1. The van der Waals surface area contributed by atoms with Gasteiger partial charge in [-0.1, -0.05) is 104 Å². The molecule has 1 aromatic heterocycles. The third-order valence-electron chi connectivity index (χ3n) is 10.0. The number of anilines is 1. The molecule has 12 nitrogen and oxygen atoms in total. The van der Waals surface area contributed by atoms with E-state index in [-0.39, 0.29) is 36.5 Å². The molecule has 2 heterocycles. The Morgan fingerprint density at radius 1 is 0.780 bits per heavy atom. The molecule has 59 heavy (non-hydrogen) atoms. The summed E-state index contributed by atoms with van der Waals surface area (Å²) >= 11 is 1.49. The molecule has 0 radical (unpaired) electrons. The van der Waals surface area contributed by atoms with Gasteiger partial charge in [-0.05, 0) is 105 Å². The molecule has 4 atom stereocenters. The van der Waals surface area contributed by atoms with Crippen molar-refractivity contribution in [2.24, 2.45) is 5.92 Å². The van der Waals surface area contributed by atoms with Crippen LogP contribution in [0.15, 0.2) is 157 Å². The number of nitrogens with zero attached hydrogens (tertiary/aromatic N) is 4. The Balaban J connectivity index is 0.921. The highest BCUT2D eigenvalue weighted by Crippen LogP contribution is 2.43. The Kier molecular flexibility index (Phi) is 12.3. The minimum atomic E-state index is -0.650. The first-order chi connectivity index (χ1) is 28.9. The van der Waals surface area contributed by atoms with Crippen LogP contribution in [0.3, 0.4) is 0 Å². The Morgan fingerprint density at radius 3 is 2.25 bits per heavy atom. The molecule has 6 aromatic carbocycles. The smallest absolute Gasteiger partial charge is 0.319 e. The van der Waals surface area contributed by atoms with Crippen LogP contribution in [0.25, 0.3) is 16.8 Å². The van der Waals surface area contributed by atoms with Crippen LogP contribution in [-0.2, 0) is 22.6 Å². The molecule has 0 spiro atoms. The number of aromatic nitrogens is 4. The highest BCUT2D eigenvalue weighted by atomic mass is 32.2. The third kappa shape index (κ3) is 9.79. The Hall–Kier alpha value is -6.51. The van der Waals surface area contributed by atoms with Gasteiger partial charge in [0.25, 0.3) is 0 Å². The van der Waals surface area contributed by atoms with Crippen LogP contribution in [0.4, 0.5) is 10.5 Å². The number of tetrazole rings is 1. The zero-order valence-electron chi connectivity index (χ0n) is 32.1. The number of carbonyl (C=O) groups is 1. The molecular formula is C46H42N6O6S. The van der Waals surface area contributed by atoms with Gasteiger partial charge >= 0.3 is 6.03 Å². The van der Waals surface area contributed by atoms with Crippen LogP contribution in [-0.4, -0.2) is 48.3 Å². The van der Waals surface area contributed by atoms with Gasteiger partial charge in [0.05, 0.1) is 24.5 Å². The molecule has 298 valence electrons. The number of nitrogens with one attached hydrogen (secondary N) is 2. The summed E-state index contributed by atoms with van der Waals surface area (Å²) < 4.78 is 20.9. The minimum Gasteiger partial charge on any atom is -0.508 e. The van der Waals surface area contributed by atoms with Crippen molar-refractivity contribution < 1.29 is 29.2 Å². The molecule has 4 N–H and O–H groups in total. The van der Waals surface area contributed by atoms with Crippen molar-refractivity contribution in [1.29, 1.82) is 0 Å². The second-order valence-corrected chi connectivity index (χ2v) is 15.1.